The molecule has 0 amide bonds. The lowest BCUT2D eigenvalue weighted by Gasteiger charge is -2.20. The van der Waals surface area contributed by atoms with Crippen LogP contribution < -0.4 is 10.6 Å². The van der Waals surface area contributed by atoms with Crippen LogP contribution in [-0.4, -0.2) is 6.67 Å². The number of rotatable bonds is 0. The van der Waals surface area contributed by atoms with E-state index >= 15 is 0 Å². The van der Waals surface area contributed by atoms with Gasteiger partial charge in [0.05, 0.1) is 12.4 Å². The lowest BCUT2D eigenvalue weighted by atomic mass is 10.1. The average molecular weight is 292 g/mol. The number of benzene rings is 1. The summed E-state index contributed by atoms with van der Waals surface area (Å²) in [6.07, 6.45) is 0. The molecule has 0 unspecified atom stereocenters. The fourth-order valence-electron chi connectivity index (χ4n) is 1.31. The van der Waals surface area contributed by atoms with Gasteiger partial charge in [-0.05, 0) is 33.6 Å². The van der Waals surface area contributed by atoms with Gasteiger partial charge in [-0.1, -0.05) is 15.9 Å². The molecule has 64 valence electrons. The number of fused-ring (bicyclic) bond motifs is 1. The summed E-state index contributed by atoms with van der Waals surface area (Å²) in [5.74, 6) is 0. The van der Waals surface area contributed by atoms with Gasteiger partial charge in [-0.2, -0.15) is 0 Å². The predicted molar refractivity (Wildman–Crippen MR) is 57.2 cm³/mol. The van der Waals surface area contributed by atoms with Crippen LogP contribution in [0.5, 0.6) is 0 Å². The topological polar surface area (TPSA) is 24.1 Å². The van der Waals surface area contributed by atoms with E-state index in [0.717, 1.165) is 22.2 Å². The van der Waals surface area contributed by atoms with E-state index < -0.39 is 0 Å². The van der Waals surface area contributed by atoms with E-state index in [9.17, 15) is 0 Å². The van der Waals surface area contributed by atoms with Gasteiger partial charge in [-0.25, -0.2) is 0 Å². The van der Waals surface area contributed by atoms with Gasteiger partial charge in [0.2, 0.25) is 0 Å². The third-order valence-electron chi connectivity index (χ3n) is 1.84. The first-order chi connectivity index (χ1) is 5.77. The molecule has 0 saturated carbocycles. The summed E-state index contributed by atoms with van der Waals surface area (Å²) in [4.78, 5) is 0. The Morgan fingerprint density at radius 3 is 2.92 bits per heavy atom. The zero-order valence-electron chi connectivity index (χ0n) is 6.32. The largest absolute Gasteiger partial charge is 0.371 e. The van der Waals surface area contributed by atoms with Crippen LogP contribution >= 0.6 is 31.9 Å². The number of nitrogens with one attached hydrogen (secondary N) is 2. The normalized spacial score (nSPS) is 15.2. The number of anilines is 1. The Morgan fingerprint density at radius 2 is 2.08 bits per heavy atom. The summed E-state index contributed by atoms with van der Waals surface area (Å²) in [6, 6.07) is 4.18. The first kappa shape index (κ1) is 8.53. The highest BCUT2D eigenvalue weighted by Gasteiger charge is 2.11. The Balaban J connectivity index is 2.53. The van der Waals surface area contributed by atoms with Crippen molar-refractivity contribution < 1.29 is 0 Å². The van der Waals surface area contributed by atoms with Crippen molar-refractivity contribution in [1.29, 1.82) is 0 Å². The quantitative estimate of drug-likeness (QED) is 0.768. The lowest BCUT2D eigenvalue weighted by Crippen LogP contribution is -2.27. The SMILES string of the molecule is Brc1cc(Br)c2c(c1)CNCN2. The summed E-state index contributed by atoms with van der Waals surface area (Å²) in [6.45, 7) is 1.77. The zero-order chi connectivity index (χ0) is 8.55. The molecule has 0 atom stereocenters. The van der Waals surface area contributed by atoms with E-state index in [1.165, 1.54) is 11.3 Å². The standard InChI is InChI=1S/C8H8Br2N2/c9-6-1-5-3-11-4-12-8(5)7(10)2-6/h1-2,11-12H,3-4H2. The fourth-order valence-corrected chi connectivity index (χ4v) is 2.77. The zero-order valence-corrected chi connectivity index (χ0v) is 9.50. The summed E-state index contributed by atoms with van der Waals surface area (Å²) in [5.41, 5.74) is 2.50. The van der Waals surface area contributed by atoms with Gasteiger partial charge in [0, 0.05) is 15.5 Å². The molecule has 0 aromatic heterocycles. The molecule has 0 aliphatic carbocycles. The van der Waals surface area contributed by atoms with E-state index in [-0.39, 0.29) is 0 Å². The molecule has 1 aliphatic rings. The van der Waals surface area contributed by atoms with Crippen molar-refractivity contribution in [2.75, 3.05) is 12.0 Å². The molecule has 0 spiro atoms. The smallest absolute Gasteiger partial charge is 0.0656 e. The van der Waals surface area contributed by atoms with Crippen molar-refractivity contribution in [1.82, 2.24) is 5.32 Å². The second-order valence-electron chi connectivity index (χ2n) is 2.70. The molecule has 1 heterocycles. The van der Waals surface area contributed by atoms with Crippen molar-refractivity contribution in [3.63, 3.8) is 0 Å². The van der Waals surface area contributed by atoms with Crippen LogP contribution in [-0.2, 0) is 6.54 Å². The van der Waals surface area contributed by atoms with Gasteiger partial charge in [-0.3, -0.25) is 5.32 Å². The van der Waals surface area contributed by atoms with E-state index in [2.05, 4.69) is 54.6 Å². The second-order valence-corrected chi connectivity index (χ2v) is 4.47. The Labute approximate surface area is 88.0 Å². The Kier molecular flexibility index (Phi) is 2.39. The molecule has 2 N–H and O–H groups in total. The van der Waals surface area contributed by atoms with Gasteiger partial charge < -0.3 is 5.32 Å². The monoisotopic (exact) mass is 290 g/mol. The van der Waals surface area contributed by atoms with Gasteiger partial charge in [0.1, 0.15) is 0 Å². The van der Waals surface area contributed by atoms with Crippen LogP contribution in [0.15, 0.2) is 21.1 Å². The first-order valence-electron chi connectivity index (χ1n) is 3.70. The summed E-state index contributed by atoms with van der Waals surface area (Å²) in [5, 5.41) is 6.52. The number of hydrogen-bond acceptors (Lipinski definition) is 2. The van der Waals surface area contributed by atoms with Crippen LogP contribution in [0.25, 0.3) is 0 Å². The second kappa shape index (κ2) is 3.36. The van der Waals surface area contributed by atoms with E-state index in [0.29, 0.717) is 0 Å². The van der Waals surface area contributed by atoms with Crippen molar-refractivity contribution in [2.45, 2.75) is 6.54 Å². The van der Waals surface area contributed by atoms with Crippen LogP contribution in [0.2, 0.25) is 0 Å². The van der Waals surface area contributed by atoms with Crippen molar-refractivity contribution in [2.24, 2.45) is 0 Å². The van der Waals surface area contributed by atoms with Crippen molar-refractivity contribution >= 4 is 37.5 Å². The minimum Gasteiger partial charge on any atom is -0.371 e. The Morgan fingerprint density at radius 1 is 1.25 bits per heavy atom. The molecule has 1 aliphatic heterocycles. The third kappa shape index (κ3) is 1.51. The van der Waals surface area contributed by atoms with Gasteiger partial charge in [0.15, 0.2) is 0 Å². The van der Waals surface area contributed by atoms with Gasteiger partial charge in [0.25, 0.3) is 0 Å². The lowest BCUT2D eigenvalue weighted by molar-refractivity contribution is 0.708. The Hall–Kier alpha value is -0.0600. The summed E-state index contributed by atoms with van der Waals surface area (Å²) >= 11 is 6.97. The molecule has 2 nitrogen and oxygen atoms in total. The highest BCUT2D eigenvalue weighted by atomic mass is 79.9. The van der Waals surface area contributed by atoms with E-state index in [1.807, 2.05) is 0 Å². The molecule has 2 rings (SSSR count). The van der Waals surface area contributed by atoms with Crippen LogP contribution in [0.3, 0.4) is 0 Å². The minimum atomic E-state index is 0.841. The third-order valence-corrected chi connectivity index (χ3v) is 2.93. The first-order valence-corrected chi connectivity index (χ1v) is 5.28. The highest BCUT2D eigenvalue weighted by molar-refractivity contribution is 9.11. The average Bonchev–Trinajstić information content (AvgIpc) is 2.04. The molecular weight excluding hydrogens is 284 g/mol. The fraction of sp³-hybridized carbons (Fsp3) is 0.250. The molecule has 0 fully saturated rings. The molecule has 0 bridgehead atoms. The Bertz CT molecular complexity index is 312. The van der Waals surface area contributed by atoms with Crippen molar-refractivity contribution in [3.8, 4) is 0 Å². The molecule has 1 aromatic carbocycles. The molecule has 4 heteroatoms. The van der Waals surface area contributed by atoms with Crippen LogP contribution in [0.1, 0.15) is 5.56 Å². The van der Waals surface area contributed by atoms with Crippen molar-refractivity contribution in [3.05, 3.63) is 26.6 Å². The molecule has 0 saturated heterocycles. The maximum absolute atomic E-state index is 3.51. The summed E-state index contributed by atoms with van der Waals surface area (Å²) in [7, 11) is 0. The molecule has 1 aromatic rings. The predicted octanol–water partition coefficient (Wildman–Crippen LogP) is 2.68. The number of hydrogen-bond donors (Lipinski definition) is 2. The van der Waals surface area contributed by atoms with E-state index in [4.69, 9.17) is 0 Å². The molecular formula is C8H8Br2N2. The van der Waals surface area contributed by atoms with Crippen LogP contribution in [0, 0.1) is 0 Å². The summed E-state index contributed by atoms with van der Waals surface area (Å²) < 4.78 is 2.23. The maximum Gasteiger partial charge on any atom is 0.0656 e. The van der Waals surface area contributed by atoms with Crippen LogP contribution in [0.4, 0.5) is 5.69 Å². The highest BCUT2D eigenvalue weighted by Crippen LogP contribution is 2.31. The minimum absolute atomic E-state index is 0.841. The maximum atomic E-state index is 3.51. The van der Waals surface area contributed by atoms with Gasteiger partial charge >= 0.3 is 0 Å². The molecule has 0 radical (unpaired) electrons. The number of halogens is 2. The molecule has 12 heavy (non-hydrogen) atoms. The van der Waals surface area contributed by atoms with Gasteiger partial charge in [-0.15, -0.1) is 0 Å². The van der Waals surface area contributed by atoms with E-state index in [1.54, 1.807) is 0 Å².